The van der Waals surface area contributed by atoms with Gasteiger partial charge in [0.15, 0.2) is 11.9 Å². The van der Waals surface area contributed by atoms with Crippen LogP contribution < -0.4 is 10.1 Å². The fourth-order valence-electron chi connectivity index (χ4n) is 3.94. The number of carbonyl (C=O) groups excluding carboxylic acids is 2. The van der Waals surface area contributed by atoms with Crippen molar-refractivity contribution in [1.82, 2.24) is 0 Å². The predicted molar refractivity (Wildman–Crippen MR) is 78.4 cm³/mol. The lowest BCUT2D eigenvalue weighted by molar-refractivity contribution is -0.122. The van der Waals surface area contributed by atoms with Crippen molar-refractivity contribution in [3.8, 4) is 5.75 Å². The molecule has 2 saturated carbocycles. The second kappa shape index (κ2) is 4.58. The van der Waals surface area contributed by atoms with Crippen LogP contribution in [-0.2, 0) is 4.79 Å². The summed E-state index contributed by atoms with van der Waals surface area (Å²) in [6, 6.07) is 5.39. The summed E-state index contributed by atoms with van der Waals surface area (Å²) in [5.41, 5.74) is 1.32. The fourth-order valence-corrected chi connectivity index (χ4v) is 3.94. The van der Waals surface area contributed by atoms with Gasteiger partial charge in [-0.1, -0.05) is 12.8 Å². The van der Waals surface area contributed by atoms with Crippen LogP contribution in [0.2, 0.25) is 0 Å². The highest BCUT2D eigenvalue weighted by Gasteiger charge is 2.54. The van der Waals surface area contributed by atoms with Crippen molar-refractivity contribution >= 4 is 17.4 Å². The van der Waals surface area contributed by atoms with Gasteiger partial charge in [0, 0.05) is 11.5 Å². The van der Waals surface area contributed by atoms with Crippen LogP contribution in [0.4, 0.5) is 5.69 Å². The Kier molecular flexibility index (Phi) is 2.81. The van der Waals surface area contributed by atoms with Crippen molar-refractivity contribution in [2.24, 2.45) is 17.8 Å². The number of ketones is 1. The largest absolute Gasteiger partial charge is 0.479 e. The minimum Gasteiger partial charge on any atom is -0.479 e. The van der Waals surface area contributed by atoms with Gasteiger partial charge in [0.05, 0.1) is 5.69 Å². The lowest BCUT2D eigenvalue weighted by Gasteiger charge is -2.23. The standard InChI is InChI=1S/C17H19NO3/c1-9-17(20)18-13-8-10(6-7-14(13)21-9)16(19)15-11-4-2-3-5-12(11)15/h6-9,11-12,15H,2-5H2,1H3,(H,18,20). The summed E-state index contributed by atoms with van der Waals surface area (Å²) < 4.78 is 5.53. The Bertz CT molecular complexity index is 612. The molecule has 0 saturated heterocycles. The van der Waals surface area contributed by atoms with E-state index < -0.39 is 6.10 Å². The third-order valence-electron chi connectivity index (χ3n) is 5.15. The molecule has 1 N–H and O–H groups in total. The summed E-state index contributed by atoms with van der Waals surface area (Å²) in [6.07, 6.45) is 4.44. The molecule has 1 heterocycles. The van der Waals surface area contributed by atoms with Crippen molar-refractivity contribution in [1.29, 1.82) is 0 Å². The molecular weight excluding hydrogens is 266 g/mol. The zero-order valence-corrected chi connectivity index (χ0v) is 12.1. The van der Waals surface area contributed by atoms with E-state index in [9.17, 15) is 9.59 Å². The van der Waals surface area contributed by atoms with E-state index in [0.717, 1.165) is 0 Å². The summed E-state index contributed by atoms with van der Waals surface area (Å²) in [7, 11) is 0. The third-order valence-corrected chi connectivity index (χ3v) is 5.15. The maximum Gasteiger partial charge on any atom is 0.265 e. The highest BCUT2D eigenvalue weighted by Crippen LogP contribution is 2.56. The van der Waals surface area contributed by atoms with Gasteiger partial charge in [-0.2, -0.15) is 0 Å². The maximum absolute atomic E-state index is 12.7. The van der Waals surface area contributed by atoms with Crippen molar-refractivity contribution in [3.05, 3.63) is 23.8 Å². The molecule has 1 amide bonds. The van der Waals surface area contributed by atoms with E-state index in [1.54, 1.807) is 19.1 Å². The molecule has 0 bridgehead atoms. The molecule has 21 heavy (non-hydrogen) atoms. The van der Waals surface area contributed by atoms with Gasteiger partial charge in [-0.15, -0.1) is 0 Å². The molecule has 4 nitrogen and oxygen atoms in total. The first-order valence-corrected chi connectivity index (χ1v) is 7.81. The number of hydrogen-bond acceptors (Lipinski definition) is 3. The first-order chi connectivity index (χ1) is 10.1. The molecule has 4 rings (SSSR count). The topological polar surface area (TPSA) is 55.4 Å². The van der Waals surface area contributed by atoms with Crippen LogP contribution >= 0.6 is 0 Å². The summed E-state index contributed by atoms with van der Waals surface area (Å²) in [6.45, 7) is 1.71. The number of nitrogens with one attached hydrogen (secondary N) is 1. The van der Waals surface area contributed by atoms with E-state index >= 15 is 0 Å². The molecule has 4 heteroatoms. The minimum atomic E-state index is -0.481. The maximum atomic E-state index is 12.7. The first-order valence-electron chi connectivity index (χ1n) is 7.81. The van der Waals surface area contributed by atoms with E-state index in [1.807, 2.05) is 6.07 Å². The van der Waals surface area contributed by atoms with Gasteiger partial charge in [0.1, 0.15) is 5.75 Å². The number of ether oxygens (including phenoxy) is 1. The van der Waals surface area contributed by atoms with Gasteiger partial charge < -0.3 is 10.1 Å². The van der Waals surface area contributed by atoms with Crippen LogP contribution in [0, 0.1) is 17.8 Å². The van der Waals surface area contributed by atoms with Crippen LogP contribution in [0.15, 0.2) is 18.2 Å². The summed E-state index contributed by atoms with van der Waals surface area (Å²) in [4.78, 5) is 24.3. The van der Waals surface area contributed by atoms with Gasteiger partial charge >= 0.3 is 0 Å². The first kappa shape index (κ1) is 12.9. The second-order valence-electron chi connectivity index (χ2n) is 6.46. The van der Waals surface area contributed by atoms with Crippen LogP contribution in [0.1, 0.15) is 43.0 Å². The zero-order chi connectivity index (χ0) is 14.6. The van der Waals surface area contributed by atoms with E-state index in [4.69, 9.17) is 4.74 Å². The Morgan fingerprint density at radius 1 is 1.24 bits per heavy atom. The molecule has 2 aliphatic carbocycles. The lowest BCUT2D eigenvalue weighted by Crippen LogP contribution is -2.34. The third kappa shape index (κ3) is 2.04. The molecule has 3 unspecified atom stereocenters. The number of anilines is 1. The average molecular weight is 285 g/mol. The average Bonchev–Trinajstić information content (AvgIpc) is 3.21. The number of Topliss-reactive ketones (excluding diaryl/α,β-unsaturated/α-hetero) is 1. The van der Waals surface area contributed by atoms with Crippen LogP contribution in [-0.4, -0.2) is 17.8 Å². The van der Waals surface area contributed by atoms with E-state index in [1.165, 1.54) is 25.7 Å². The van der Waals surface area contributed by atoms with Gasteiger partial charge in [-0.25, -0.2) is 0 Å². The summed E-state index contributed by atoms with van der Waals surface area (Å²) >= 11 is 0. The SMILES string of the molecule is CC1Oc2ccc(C(=O)C3C4CCCCC43)cc2NC1=O. The molecular formula is C17H19NO3. The Balaban J connectivity index is 1.58. The molecule has 1 aromatic carbocycles. The lowest BCUT2D eigenvalue weighted by atomic mass is 10.0. The smallest absolute Gasteiger partial charge is 0.265 e. The van der Waals surface area contributed by atoms with E-state index in [-0.39, 0.29) is 17.6 Å². The van der Waals surface area contributed by atoms with Crippen molar-refractivity contribution in [2.75, 3.05) is 5.32 Å². The molecule has 0 aromatic heterocycles. The molecule has 0 radical (unpaired) electrons. The number of carbonyl (C=O) groups is 2. The second-order valence-corrected chi connectivity index (χ2v) is 6.46. The Morgan fingerprint density at radius 3 is 2.67 bits per heavy atom. The Labute approximate surface area is 123 Å². The number of amides is 1. The van der Waals surface area contributed by atoms with Gasteiger partial charge in [0.2, 0.25) is 0 Å². The van der Waals surface area contributed by atoms with Crippen LogP contribution in [0.3, 0.4) is 0 Å². The summed E-state index contributed by atoms with van der Waals surface area (Å²) in [5, 5.41) is 2.81. The van der Waals surface area contributed by atoms with E-state index in [0.29, 0.717) is 28.8 Å². The van der Waals surface area contributed by atoms with Crippen molar-refractivity contribution in [3.63, 3.8) is 0 Å². The van der Waals surface area contributed by atoms with Gasteiger partial charge in [0.25, 0.3) is 5.91 Å². The number of rotatable bonds is 2. The number of hydrogen-bond donors (Lipinski definition) is 1. The molecule has 3 atom stereocenters. The molecule has 2 fully saturated rings. The quantitative estimate of drug-likeness (QED) is 0.850. The molecule has 0 spiro atoms. The highest BCUT2D eigenvalue weighted by molar-refractivity contribution is 6.03. The van der Waals surface area contributed by atoms with Crippen molar-refractivity contribution < 1.29 is 14.3 Å². The minimum absolute atomic E-state index is 0.160. The van der Waals surface area contributed by atoms with Crippen LogP contribution in [0.5, 0.6) is 5.75 Å². The Hall–Kier alpha value is -1.84. The zero-order valence-electron chi connectivity index (χ0n) is 12.1. The fraction of sp³-hybridized carbons (Fsp3) is 0.529. The molecule has 3 aliphatic rings. The van der Waals surface area contributed by atoms with Crippen LogP contribution in [0.25, 0.3) is 0 Å². The molecule has 110 valence electrons. The van der Waals surface area contributed by atoms with Gasteiger partial charge in [-0.05, 0) is 49.8 Å². The predicted octanol–water partition coefficient (Wildman–Crippen LogP) is 3.02. The van der Waals surface area contributed by atoms with E-state index in [2.05, 4.69) is 5.32 Å². The Morgan fingerprint density at radius 2 is 1.95 bits per heavy atom. The normalized spacial score (nSPS) is 33.3. The number of fused-ring (bicyclic) bond motifs is 2. The molecule has 1 aliphatic heterocycles. The summed E-state index contributed by atoms with van der Waals surface area (Å²) in [5.74, 6) is 2.15. The highest BCUT2D eigenvalue weighted by atomic mass is 16.5. The van der Waals surface area contributed by atoms with Gasteiger partial charge in [-0.3, -0.25) is 9.59 Å². The monoisotopic (exact) mass is 285 g/mol. The number of benzene rings is 1. The molecule has 1 aromatic rings. The van der Waals surface area contributed by atoms with Crippen molar-refractivity contribution in [2.45, 2.75) is 38.7 Å².